The first-order valence-corrected chi connectivity index (χ1v) is 7.39. The highest BCUT2D eigenvalue weighted by molar-refractivity contribution is 5.91. The number of carbonyl (C=O) groups is 1. The van der Waals surface area contributed by atoms with Crippen LogP contribution in [0.5, 0.6) is 0 Å². The molecule has 2 amide bonds. The molecule has 1 saturated heterocycles. The molecule has 1 aromatic rings. The normalized spacial score (nSPS) is 19.2. The van der Waals surface area contributed by atoms with Gasteiger partial charge in [-0.2, -0.15) is 13.2 Å². The molecule has 6 heteroatoms. The zero-order valence-corrected chi connectivity index (χ0v) is 13.0. The summed E-state index contributed by atoms with van der Waals surface area (Å²) in [6, 6.07) is 3.43. The number of aryl methyl sites for hydroxylation is 3. The minimum atomic E-state index is -4.24. The van der Waals surface area contributed by atoms with E-state index < -0.39 is 18.1 Å². The molecular formula is C16H21F3N2O. The number of hydrogen-bond donors (Lipinski definition) is 1. The molecule has 1 N–H and O–H groups in total. The van der Waals surface area contributed by atoms with Gasteiger partial charge in [0.15, 0.2) is 0 Å². The Labute approximate surface area is 128 Å². The summed E-state index contributed by atoms with van der Waals surface area (Å²) in [6.45, 7) is 5.82. The van der Waals surface area contributed by atoms with Gasteiger partial charge in [0.05, 0.1) is 5.92 Å². The maximum atomic E-state index is 12.8. The molecule has 0 spiro atoms. The second-order valence-corrected chi connectivity index (χ2v) is 6.03. The van der Waals surface area contributed by atoms with Crippen molar-refractivity contribution in [3.05, 3.63) is 28.8 Å². The lowest BCUT2D eigenvalue weighted by atomic mass is 9.98. The smallest absolute Gasteiger partial charge is 0.324 e. The van der Waals surface area contributed by atoms with Crippen LogP contribution in [0.15, 0.2) is 12.1 Å². The van der Waals surface area contributed by atoms with Crippen molar-refractivity contribution >= 4 is 11.7 Å². The van der Waals surface area contributed by atoms with Crippen LogP contribution in [0.4, 0.5) is 23.7 Å². The van der Waals surface area contributed by atoms with Gasteiger partial charge in [0.2, 0.25) is 0 Å². The van der Waals surface area contributed by atoms with Crippen LogP contribution in [0.1, 0.15) is 29.5 Å². The summed E-state index contributed by atoms with van der Waals surface area (Å²) < 4.78 is 38.5. The number of alkyl halides is 3. The van der Waals surface area contributed by atoms with Crippen LogP contribution in [0.2, 0.25) is 0 Å². The SMILES string of the molecule is Cc1cc(C)c(NC(=O)N2CCCC(C(F)(F)F)C2)c(C)c1. The van der Waals surface area contributed by atoms with E-state index in [-0.39, 0.29) is 13.0 Å². The molecule has 0 bridgehead atoms. The number of nitrogens with zero attached hydrogens (tertiary/aromatic N) is 1. The lowest BCUT2D eigenvalue weighted by molar-refractivity contribution is -0.183. The van der Waals surface area contributed by atoms with Crippen LogP contribution in [-0.4, -0.2) is 30.2 Å². The number of anilines is 1. The molecule has 1 atom stereocenters. The summed E-state index contributed by atoms with van der Waals surface area (Å²) in [5, 5.41) is 2.77. The first kappa shape index (κ1) is 16.6. The van der Waals surface area contributed by atoms with Gasteiger partial charge in [0, 0.05) is 18.8 Å². The van der Waals surface area contributed by atoms with Crippen molar-refractivity contribution in [1.82, 2.24) is 4.90 Å². The van der Waals surface area contributed by atoms with Crippen molar-refractivity contribution in [2.75, 3.05) is 18.4 Å². The Kier molecular flexibility index (Phi) is 4.68. The number of benzene rings is 1. The van der Waals surface area contributed by atoms with Crippen LogP contribution in [0, 0.1) is 26.7 Å². The quantitative estimate of drug-likeness (QED) is 0.818. The monoisotopic (exact) mass is 314 g/mol. The largest absolute Gasteiger partial charge is 0.393 e. The number of likely N-dealkylation sites (tertiary alicyclic amines) is 1. The summed E-state index contributed by atoms with van der Waals surface area (Å²) in [5.74, 6) is -1.42. The average Bonchev–Trinajstić information content (AvgIpc) is 2.41. The Morgan fingerprint density at radius 1 is 1.23 bits per heavy atom. The number of piperidine rings is 1. The zero-order chi connectivity index (χ0) is 16.5. The van der Waals surface area contributed by atoms with Gasteiger partial charge in [-0.1, -0.05) is 17.7 Å². The van der Waals surface area contributed by atoms with Crippen molar-refractivity contribution in [2.24, 2.45) is 5.92 Å². The maximum Gasteiger partial charge on any atom is 0.393 e. The minimum Gasteiger partial charge on any atom is -0.324 e. The lowest BCUT2D eigenvalue weighted by Crippen LogP contribution is -2.46. The molecule has 0 radical (unpaired) electrons. The van der Waals surface area contributed by atoms with E-state index in [4.69, 9.17) is 0 Å². The van der Waals surface area contributed by atoms with E-state index in [1.165, 1.54) is 4.90 Å². The van der Waals surface area contributed by atoms with Gasteiger partial charge in [-0.25, -0.2) is 4.79 Å². The number of carbonyl (C=O) groups excluding carboxylic acids is 1. The van der Waals surface area contributed by atoms with Crippen molar-refractivity contribution < 1.29 is 18.0 Å². The molecule has 0 saturated carbocycles. The number of nitrogens with one attached hydrogen (secondary N) is 1. The topological polar surface area (TPSA) is 32.3 Å². The molecule has 1 aliphatic rings. The van der Waals surface area contributed by atoms with E-state index in [1.54, 1.807) is 0 Å². The van der Waals surface area contributed by atoms with E-state index in [0.717, 1.165) is 16.7 Å². The Morgan fingerprint density at radius 2 is 1.82 bits per heavy atom. The predicted octanol–water partition coefficient (Wildman–Crippen LogP) is 4.42. The second-order valence-electron chi connectivity index (χ2n) is 6.03. The number of rotatable bonds is 1. The number of amides is 2. The third kappa shape index (κ3) is 3.72. The molecule has 2 rings (SSSR count). The summed E-state index contributed by atoms with van der Waals surface area (Å²) in [6.07, 6.45) is -3.77. The minimum absolute atomic E-state index is 0.0931. The van der Waals surface area contributed by atoms with Crippen molar-refractivity contribution in [3.8, 4) is 0 Å². The Morgan fingerprint density at radius 3 is 2.36 bits per heavy atom. The summed E-state index contributed by atoms with van der Waals surface area (Å²) in [5.41, 5.74) is 3.60. The fourth-order valence-electron chi connectivity index (χ4n) is 2.99. The van der Waals surface area contributed by atoms with Gasteiger partial charge in [-0.05, 0) is 44.7 Å². The zero-order valence-electron chi connectivity index (χ0n) is 13.0. The number of halogens is 3. The van der Waals surface area contributed by atoms with Crippen LogP contribution in [0.25, 0.3) is 0 Å². The van der Waals surface area contributed by atoms with E-state index in [0.29, 0.717) is 18.7 Å². The van der Waals surface area contributed by atoms with E-state index in [2.05, 4.69) is 5.32 Å². The van der Waals surface area contributed by atoms with Crippen molar-refractivity contribution in [2.45, 2.75) is 39.8 Å². The highest BCUT2D eigenvalue weighted by atomic mass is 19.4. The van der Waals surface area contributed by atoms with Gasteiger partial charge in [-0.15, -0.1) is 0 Å². The Hall–Kier alpha value is -1.72. The fraction of sp³-hybridized carbons (Fsp3) is 0.562. The molecule has 1 unspecified atom stereocenters. The molecule has 1 heterocycles. The Balaban J connectivity index is 2.10. The van der Waals surface area contributed by atoms with Crippen molar-refractivity contribution in [1.29, 1.82) is 0 Å². The number of urea groups is 1. The third-order valence-electron chi connectivity index (χ3n) is 4.08. The van der Waals surface area contributed by atoms with Crippen LogP contribution >= 0.6 is 0 Å². The molecule has 3 nitrogen and oxygen atoms in total. The lowest BCUT2D eigenvalue weighted by Gasteiger charge is -2.34. The van der Waals surface area contributed by atoms with Gasteiger partial charge < -0.3 is 10.2 Å². The van der Waals surface area contributed by atoms with E-state index in [9.17, 15) is 18.0 Å². The highest BCUT2D eigenvalue weighted by Crippen LogP contribution is 2.33. The van der Waals surface area contributed by atoms with Crippen LogP contribution < -0.4 is 5.32 Å². The standard InChI is InChI=1S/C16H21F3N2O/c1-10-7-11(2)14(12(3)8-10)20-15(22)21-6-4-5-13(9-21)16(17,18)19/h7-8,13H,4-6,9H2,1-3H3,(H,20,22). The maximum absolute atomic E-state index is 12.8. The first-order chi connectivity index (χ1) is 10.2. The van der Waals surface area contributed by atoms with Gasteiger partial charge in [-0.3, -0.25) is 0 Å². The highest BCUT2D eigenvalue weighted by Gasteiger charge is 2.42. The van der Waals surface area contributed by atoms with Crippen LogP contribution in [-0.2, 0) is 0 Å². The summed E-state index contributed by atoms with van der Waals surface area (Å²) >= 11 is 0. The molecule has 0 aromatic heterocycles. The molecule has 1 aromatic carbocycles. The first-order valence-electron chi connectivity index (χ1n) is 7.39. The molecule has 122 valence electrons. The molecule has 1 fully saturated rings. The summed E-state index contributed by atoms with van der Waals surface area (Å²) in [4.78, 5) is 13.5. The third-order valence-corrected chi connectivity index (χ3v) is 4.08. The molecular weight excluding hydrogens is 293 g/mol. The van der Waals surface area contributed by atoms with Crippen molar-refractivity contribution in [3.63, 3.8) is 0 Å². The van der Waals surface area contributed by atoms with Crippen LogP contribution in [0.3, 0.4) is 0 Å². The average molecular weight is 314 g/mol. The van der Waals surface area contributed by atoms with Gasteiger partial charge in [0.25, 0.3) is 0 Å². The molecule has 22 heavy (non-hydrogen) atoms. The van der Waals surface area contributed by atoms with Gasteiger partial charge >= 0.3 is 12.2 Å². The van der Waals surface area contributed by atoms with E-state index >= 15 is 0 Å². The van der Waals surface area contributed by atoms with Gasteiger partial charge in [0.1, 0.15) is 0 Å². The Bertz CT molecular complexity index is 546. The fourth-order valence-corrected chi connectivity index (χ4v) is 2.99. The second kappa shape index (κ2) is 6.18. The number of hydrogen-bond acceptors (Lipinski definition) is 1. The molecule has 1 aliphatic heterocycles. The summed E-state index contributed by atoms with van der Waals surface area (Å²) in [7, 11) is 0. The molecule has 0 aliphatic carbocycles. The predicted molar refractivity (Wildman–Crippen MR) is 80.0 cm³/mol. The van der Waals surface area contributed by atoms with E-state index in [1.807, 2.05) is 32.9 Å².